The summed E-state index contributed by atoms with van der Waals surface area (Å²) in [6, 6.07) is 3.96. The summed E-state index contributed by atoms with van der Waals surface area (Å²) >= 11 is 5.82. The average Bonchev–Trinajstić information content (AvgIpc) is 2.48. The third-order valence-corrected chi connectivity index (χ3v) is 4.52. The van der Waals surface area contributed by atoms with E-state index in [2.05, 4.69) is 24.1 Å². The van der Waals surface area contributed by atoms with Crippen LogP contribution in [-0.2, 0) is 6.18 Å². The molecule has 1 fully saturated rings. The lowest BCUT2D eigenvalue weighted by Gasteiger charge is -2.36. The number of piperazine rings is 1. The van der Waals surface area contributed by atoms with Gasteiger partial charge in [-0.25, -0.2) is 0 Å². The maximum absolute atomic E-state index is 13.5. The quantitative estimate of drug-likeness (QED) is 0.667. The first-order valence-electron chi connectivity index (χ1n) is 8.10. The first kappa shape index (κ1) is 24.8. The second kappa shape index (κ2) is 10.8. The highest BCUT2D eigenvalue weighted by atomic mass is 35.5. The zero-order valence-corrected chi connectivity index (χ0v) is 16.8. The average molecular weight is 422 g/mol. The maximum atomic E-state index is 13.5. The first-order valence-corrected chi connectivity index (χ1v) is 8.48. The van der Waals surface area contributed by atoms with Gasteiger partial charge in [-0.2, -0.15) is 13.2 Å². The van der Waals surface area contributed by atoms with Crippen LogP contribution >= 0.6 is 36.4 Å². The highest BCUT2D eigenvalue weighted by molar-refractivity contribution is 6.30. The molecule has 1 saturated heterocycles. The standard InChI is InChI=1S/C17H24ClF3N2.2ClH/c1-12(2)3-6-16(23-9-7-22-8-10-23)14-5-4-13(18)11-15(14)17(19,20)21;;/h4-5,11-12,16,22H,3,6-10H2,1-2H3;2*1H/t16-;;/m0../s1. The van der Waals surface area contributed by atoms with Crippen LogP contribution in [0, 0.1) is 5.92 Å². The van der Waals surface area contributed by atoms with E-state index >= 15 is 0 Å². The van der Waals surface area contributed by atoms with Gasteiger partial charge in [-0.1, -0.05) is 31.5 Å². The molecule has 0 unspecified atom stereocenters. The van der Waals surface area contributed by atoms with Gasteiger partial charge in [0.1, 0.15) is 0 Å². The fourth-order valence-corrected chi connectivity index (χ4v) is 3.26. The molecule has 146 valence electrons. The zero-order valence-electron chi connectivity index (χ0n) is 14.4. The highest BCUT2D eigenvalue weighted by Crippen LogP contribution is 2.39. The number of benzene rings is 1. The number of alkyl halides is 3. The van der Waals surface area contributed by atoms with Crippen molar-refractivity contribution in [1.29, 1.82) is 0 Å². The van der Waals surface area contributed by atoms with Gasteiger partial charge in [-0.05, 0) is 36.5 Å². The van der Waals surface area contributed by atoms with E-state index in [1.165, 1.54) is 0 Å². The van der Waals surface area contributed by atoms with E-state index in [0.717, 1.165) is 45.1 Å². The fraction of sp³-hybridized carbons (Fsp3) is 0.647. The topological polar surface area (TPSA) is 15.3 Å². The smallest absolute Gasteiger partial charge is 0.314 e. The van der Waals surface area contributed by atoms with E-state index in [-0.39, 0.29) is 35.9 Å². The van der Waals surface area contributed by atoms with Crippen molar-refractivity contribution in [2.75, 3.05) is 26.2 Å². The van der Waals surface area contributed by atoms with Gasteiger partial charge in [0, 0.05) is 37.2 Å². The molecule has 1 N–H and O–H groups in total. The van der Waals surface area contributed by atoms with E-state index in [4.69, 9.17) is 11.6 Å². The first-order chi connectivity index (χ1) is 10.8. The number of nitrogens with one attached hydrogen (secondary N) is 1. The predicted octanol–water partition coefficient (Wildman–Crippen LogP) is 5.58. The molecule has 0 spiro atoms. The zero-order chi connectivity index (χ0) is 17.0. The minimum atomic E-state index is -4.38. The van der Waals surface area contributed by atoms with Crippen molar-refractivity contribution in [3.63, 3.8) is 0 Å². The third-order valence-electron chi connectivity index (χ3n) is 4.29. The Morgan fingerprint density at radius 3 is 2.24 bits per heavy atom. The summed E-state index contributed by atoms with van der Waals surface area (Å²) < 4.78 is 40.4. The van der Waals surface area contributed by atoms with Crippen LogP contribution in [-0.4, -0.2) is 31.1 Å². The van der Waals surface area contributed by atoms with Gasteiger partial charge >= 0.3 is 6.18 Å². The number of halogens is 6. The molecule has 0 amide bonds. The van der Waals surface area contributed by atoms with Crippen LogP contribution in [0.2, 0.25) is 5.02 Å². The molecule has 0 aliphatic carbocycles. The summed E-state index contributed by atoms with van der Waals surface area (Å²) in [5, 5.41) is 3.38. The molecule has 0 saturated carbocycles. The summed E-state index contributed by atoms with van der Waals surface area (Å²) in [5.74, 6) is 0.460. The number of hydrogen-bond acceptors (Lipinski definition) is 2. The number of rotatable bonds is 5. The van der Waals surface area contributed by atoms with Crippen molar-refractivity contribution < 1.29 is 13.2 Å². The summed E-state index contributed by atoms with van der Waals surface area (Å²) in [6.45, 7) is 7.36. The Kier molecular flexibility index (Phi) is 10.7. The third kappa shape index (κ3) is 7.14. The molecule has 25 heavy (non-hydrogen) atoms. The Hall–Kier alpha value is -0.200. The molecule has 1 aromatic rings. The van der Waals surface area contributed by atoms with E-state index in [0.29, 0.717) is 11.5 Å². The van der Waals surface area contributed by atoms with Gasteiger partial charge in [0.15, 0.2) is 0 Å². The van der Waals surface area contributed by atoms with Gasteiger partial charge < -0.3 is 5.32 Å². The summed E-state index contributed by atoms with van der Waals surface area (Å²) in [4.78, 5) is 2.16. The molecule has 0 bridgehead atoms. The Balaban J connectivity index is 0.00000288. The molecule has 1 atom stereocenters. The Bertz CT molecular complexity index is 518. The molecule has 1 heterocycles. The van der Waals surface area contributed by atoms with Gasteiger partial charge in [-0.3, -0.25) is 4.90 Å². The molecule has 1 aliphatic heterocycles. The van der Waals surface area contributed by atoms with Crippen LogP contribution in [0.15, 0.2) is 18.2 Å². The van der Waals surface area contributed by atoms with Gasteiger partial charge in [0.2, 0.25) is 0 Å². The van der Waals surface area contributed by atoms with Crippen LogP contribution < -0.4 is 5.32 Å². The lowest BCUT2D eigenvalue weighted by molar-refractivity contribution is -0.138. The van der Waals surface area contributed by atoms with Gasteiger partial charge in [0.25, 0.3) is 0 Å². The minimum absolute atomic E-state index is 0. The molecule has 1 aliphatic rings. The molecule has 2 rings (SSSR count). The predicted molar refractivity (Wildman–Crippen MR) is 102 cm³/mol. The van der Waals surface area contributed by atoms with Crippen LogP contribution in [0.25, 0.3) is 0 Å². The van der Waals surface area contributed by atoms with Crippen molar-refractivity contribution >= 4 is 36.4 Å². The van der Waals surface area contributed by atoms with E-state index in [1.54, 1.807) is 12.1 Å². The Labute approximate surface area is 165 Å². The van der Waals surface area contributed by atoms with E-state index < -0.39 is 11.7 Å². The Morgan fingerprint density at radius 1 is 1.12 bits per heavy atom. The highest BCUT2D eigenvalue weighted by Gasteiger charge is 2.37. The van der Waals surface area contributed by atoms with Crippen molar-refractivity contribution in [3.05, 3.63) is 34.3 Å². The summed E-state index contributed by atoms with van der Waals surface area (Å²) in [6.07, 6.45) is -2.76. The van der Waals surface area contributed by atoms with Crippen molar-refractivity contribution in [3.8, 4) is 0 Å². The normalized spacial score (nSPS) is 16.9. The largest absolute Gasteiger partial charge is 0.416 e. The van der Waals surface area contributed by atoms with Crippen molar-refractivity contribution in [2.45, 2.75) is 38.9 Å². The maximum Gasteiger partial charge on any atom is 0.416 e. The SMILES string of the molecule is CC(C)CC[C@@H](c1ccc(Cl)cc1C(F)(F)F)N1CCNCC1.Cl.Cl. The van der Waals surface area contributed by atoms with Crippen molar-refractivity contribution in [2.24, 2.45) is 5.92 Å². The van der Waals surface area contributed by atoms with Gasteiger partial charge in [0.05, 0.1) is 5.56 Å². The van der Waals surface area contributed by atoms with Crippen LogP contribution in [0.4, 0.5) is 13.2 Å². The minimum Gasteiger partial charge on any atom is -0.314 e. The Morgan fingerprint density at radius 2 is 1.72 bits per heavy atom. The lowest BCUT2D eigenvalue weighted by Crippen LogP contribution is -2.45. The van der Waals surface area contributed by atoms with Crippen LogP contribution in [0.3, 0.4) is 0 Å². The van der Waals surface area contributed by atoms with Crippen molar-refractivity contribution in [1.82, 2.24) is 10.2 Å². The molecule has 2 nitrogen and oxygen atoms in total. The molecule has 8 heteroatoms. The summed E-state index contributed by atoms with van der Waals surface area (Å²) in [7, 11) is 0. The molecule has 0 aromatic heterocycles. The van der Waals surface area contributed by atoms with E-state index in [9.17, 15) is 13.2 Å². The molecule has 1 aromatic carbocycles. The fourth-order valence-electron chi connectivity index (χ4n) is 3.08. The molecular formula is C17H26Cl3F3N2. The summed E-state index contributed by atoms with van der Waals surface area (Å²) in [5.41, 5.74) is -0.248. The van der Waals surface area contributed by atoms with Crippen LogP contribution in [0.1, 0.15) is 43.9 Å². The lowest BCUT2D eigenvalue weighted by atomic mass is 9.92. The molecular weight excluding hydrogens is 396 g/mol. The monoisotopic (exact) mass is 420 g/mol. The number of nitrogens with zero attached hydrogens (tertiary/aromatic N) is 1. The van der Waals surface area contributed by atoms with Crippen LogP contribution in [0.5, 0.6) is 0 Å². The molecule has 0 radical (unpaired) electrons. The second-order valence-corrected chi connectivity index (χ2v) is 6.94. The second-order valence-electron chi connectivity index (χ2n) is 6.50. The number of hydrogen-bond donors (Lipinski definition) is 1. The van der Waals surface area contributed by atoms with E-state index in [1.807, 2.05) is 0 Å². The van der Waals surface area contributed by atoms with Gasteiger partial charge in [-0.15, -0.1) is 24.8 Å².